The molecule has 1 aliphatic rings. The van der Waals surface area contributed by atoms with Gasteiger partial charge in [-0.3, -0.25) is 0 Å². The van der Waals surface area contributed by atoms with Gasteiger partial charge in [-0.15, -0.1) is 0 Å². The molecule has 0 spiro atoms. The molecule has 1 fully saturated rings. The molecule has 0 unspecified atom stereocenters. The topological polar surface area (TPSA) is 50.4 Å². The zero-order valence-electron chi connectivity index (χ0n) is 13.6. The number of para-hydroxylation sites is 2. The summed E-state index contributed by atoms with van der Waals surface area (Å²) in [5.41, 5.74) is 3.34. The molecule has 0 aliphatic heterocycles. The minimum absolute atomic E-state index is 0.103. The van der Waals surface area contributed by atoms with E-state index in [-0.39, 0.29) is 11.4 Å². The number of ether oxygens (including phenoxy) is 1. The Kier molecular flexibility index (Phi) is 4.24. The van der Waals surface area contributed by atoms with Crippen molar-refractivity contribution in [3.8, 4) is 5.75 Å². The lowest BCUT2D eigenvalue weighted by Crippen LogP contribution is -2.35. The van der Waals surface area contributed by atoms with Crippen molar-refractivity contribution < 1.29 is 9.53 Å². The van der Waals surface area contributed by atoms with Gasteiger partial charge < -0.3 is 15.4 Å². The third-order valence-corrected chi connectivity index (χ3v) is 4.46. The fraction of sp³-hybridized carbons (Fsp3) is 0.316. The van der Waals surface area contributed by atoms with E-state index in [2.05, 4.69) is 41.8 Å². The number of methoxy groups -OCH3 is 1. The van der Waals surface area contributed by atoms with Gasteiger partial charge in [-0.1, -0.05) is 42.0 Å². The number of urea groups is 1. The van der Waals surface area contributed by atoms with Crippen LogP contribution < -0.4 is 15.4 Å². The van der Waals surface area contributed by atoms with Crippen molar-refractivity contribution in [3.63, 3.8) is 0 Å². The number of hydrogen-bond donors (Lipinski definition) is 2. The zero-order chi connectivity index (χ0) is 16.3. The number of benzene rings is 2. The molecule has 1 saturated carbocycles. The van der Waals surface area contributed by atoms with Crippen molar-refractivity contribution in [1.82, 2.24) is 5.32 Å². The fourth-order valence-electron chi connectivity index (χ4n) is 2.79. The molecule has 2 aromatic rings. The molecule has 0 saturated heterocycles. The predicted octanol–water partition coefficient (Wildman–Crippen LogP) is 3.86. The number of anilines is 1. The van der Waals surface area contributed by atoms with E-state index in [1.807, 2.05) is 24.3 Å². The third kappa shape index (κ3) is 3.47. The van der Waals surface area contributed by atoms with Gasteiger partial charge in [0.2, 0.25) is 0 Å². The summed E-state index contributed by atoms with van der Waals surface area (Å²) in [6.07, 6.45) is 2.23. The molecule has 23 heavy (non-hydrogen) atoms. The van der Waals surface area contributed by atoms with E-state index < -0.39 is 0 Å². The fourth-order valence-corrected chi connectivity index (χ4v) is 2.79. The lowest BCUT2D eigenvalue weighted by atomic mass is 9.95. The molecule has 2 amide bonds. The second-order valence-corrected chi connectivity index (χ2v) is 6.15. The van der Waals surface area contributed by atoms with Gasteiger partial charge in [-0.2, -0.15) is 0 Å². The molecule has 0 radical (unpaired) electrons. The van der Waals surface area contributed by atoms with E-state index in [0.29, 0.717) is 18.0 Å². The minimum atomic E-state index is -0.201. The molecule has 120 valence electrons. The van der Waals surface area contributed by atoms with Crippen molar-refractivity contribution in [2.24, 2.45) is 0 Å². The highest BCUT2D eigenvalue weighted by molar-refractivity contribution is 5.91. The Balaban J connectivity index is 1.60. The van der Waals surface area contributed by atoms with Crippen molar-refractivity contribution >= 4 is 11.7 Å². The molecule has 3 rings (SSSR count). The normalized spacial score (nSPS) is 14.9. The average molecular weight is 310 g/mol. The molecule has 2 N–H and O–H groups in total. The zero-order valence-corrected chi connectivity index (χ0v) is 13.6. The summed E-state index contributed by atoms with van der Waals surface area (Å²) in [4.78, 5) is 12.2. The Morgan fingerprint density at radius 1 is 1.13 bits per heavy atom. The van der Waals surface area contributed by atoms with Gasteiger partial charge in [0.15, 0.2) is 0 Å². The van der Waals surface area contributed by atoms with Crippen molar-refractivity contribution in [2.75, 3.05) is 19.0 Å². The average Bonchev–Trinajstić information content (AvgIpc) is 3.35. The number of nitrogens with one attached hydrogen (secondary N) is 2. The van der Waals surface area contributed by atoms with Crippen LogP contribution in [0.2, 0.25) is 0 Å². The molecule has 0 bridgehead atoms. The lowest BCUT2D eigenvalue weighted by Gasteiger charge is -2.17. The second-order valence-electron chi connectivity index (χ2n) is 6.15. The summed E-state index contributed by atoms with van der Waals surface area (Å²) < 4.78 is 5.24. The van der Waals surface area contributed by atoms with Crippen molar-refractivity contribution in [3.05, 3.63) is 59.7 Å². The largest absolute Gasteiger partial charge is 0.495 e. The number of carbonyl (C=O) groups is 1. The van der Waals surface area contributed by atoms with E-state index in [9.17, 15) is 4.79 Å². The van der Waals surface area contributed by atoms with Crippen LogP contribution in [0.1, 0.15) is 24.0 Å². The van der Waals surface area contributed by atoms with Crippen LogP contribution in [0.3, 0.4) is 0 Å². The number of aryl methyl sites for hydroxylation is 1. The van der Waals surface area contributed by atoms with Gasteiger partial charge in [0.1, 0.15) is 5.75 Å². The van der Waals surface area contributed by atoms with Gasteiger partial charge in [-0.05, 0) is 37.5 Å². The molecule has 4 nitrogen and oxygen atoms in total. The van der Waals surface area contributed by atoms with Gasteiger partial charge in [-0.25, -0.2) is 4.79 Å². The molecule has 0 atom stereocenters. The highest BCUT2D eigenvalue weighted by atomic mass is 16.5. The first-order chi connectivity index (χ1) is 11.1. The van der Waals surface area contributed by atoms with Crippen LogP contribution in [0, 0.1) is 6.92 Å². The minimum Gasteiger partial charge on any atom is -0.495 e. The smallest absolute Gasteiger partial charge is 0.319 e. The molecule has 2 aromatic carbocycles. The van der Waals surface area contributed by atoms with E-state index in [0.717, 1.165) is 12.8 Å². The quantitative estimate of drug-likeness (QED) is 0.881. The summed E-state index contributed by atoms with van der Waals surface area (Å²) in [6, 6.07) is 15.8. The Labute approximate surface area is 136 Å². The van der Waals surface area contributed by atoms with Gasteiger partial charge >= 0.3 is 6.03 Å². The monoisotopic (exact) mass is 310 g/mol. The Bertz CT molecular complexity index is 691. The first-order valence-corrected chi connectivity index (χ1v) is 7.88. The van der Waals surface area contributed by atoms with Gasteiger partial charge in [0, 0.05) is 12.0 Å². The maximum absolute atomic E-state index is 12.2. The number of carbonyl (C=O) groups excluding carboxylic acids is 1. The van der Waals surface area contributed by atoms with Crippen molar-refractivity contribution in [2.45, 2.75) is 25.2 Å². The van der Waals surface area contributed by atoms with Crippen LogP contribution in [-0.4, -0.2) is 19.7 Å². The van der Waals surface area contributed by atoms with E-state index >= 15 is 0 Å². The van der Waals surface area contributed by atoms with E-state index in [1.165, 1.54) is 11.1 Å². The van der Waals surface area contributed by atoms with Crippen LogP contribution in [0.25, 0.3) is 0 Å². The number of hydrogen-bond acceptors (Lipinski definition) is 2. The molecule has 1 aliphatic carbocycles. The van der Waals surface area contributed by atoms with E-state index in [1.54, 1.807) is 7.11 Å². The standard InChI is InChI=1S/C19H22N2O2/c1-14-7-9-15(10-8-14)19(11-12-19)13-20-18(22)21-16-5-3-4-6-17(16)23-2/h3-10H,11-13H2,1-2H3,(H2,20,21,22). The predicted molar refractivity (Wildman–Crippen MR) is 92.1 cm³/mol. The third-order valence-electron chi connectivity index (χ3n) is 4.46. The molecule has 4 heteroatoms. The van der Waals surface area contributed by atoms with Crippen molar-refractivity contribution in [1.29, 1.82) is 0 Å². The Morgan fingerprint density at radius 3 is 2.48 bits per heavy atom. The van der Waals surface area contributed by atoms with Crippen LogP contribution in [0.5, 0.6) is 5.75 Å². The summed E-state index contributed by atoms with van der Waals surface area (Å²) in [5, 5.41) is 5.84. The first kappa shape index (κ1) is 15.4. The van der Waals surface area contributed by atoms with Gasteiger partial charge in [0.05, 0.1) is 12.8 Å². The highest BCUT2D eigenvalue weighted by Gasteiger charge is 2.44. The lowest BCUT2D eigenvalue weighted by molar-refractivity contribution is 0.251. The van der Waals surface area contributed by atoms with Crippen LogP contribution in [0.15, 0.2) is 48.5 Å². The first-order valence-electron chi connectivity index (χ1n) is 7.88. The number of amides is 2. The SMILES string of the molecule is COc1ccccc1NC(=O)NCC1(c2ccc(C)cc2)CC1. The molecule has 0 heterocycles. The maximum Gasteiger partial charge on any atom is 0.319 e. The Hall–Kier alpha value is -2.49. The maximum atomic E-state index is 12.2. The van der Waals surface area contributed by atoms with Crippen LogP contribution in [0.4, 0.5) is 10.5 Å². The van der Waals surface area contributed by atoms with Crippen LogP contribution in [-0.2, 0) is 5.41 Å². The van der Waals surface area contributed by atoms with Gasteiger partial charge in [0.25, 0.3) is 0 Å². The molecule has 0 aromatic heterocycles. The second kappa shape index (κ2) is 6.32. The van der Waals surface area contributed by atoms with E-state index in [4.69, 9.17) is 4.74 Å². The highest BCUT2D eigenvalue weighted by Crippen LogP contribution is 2.47. The Morgan fingerprint density at radius 2 is 1.83 bits per heavy atom. The summed E-state index contributed by atoms with van der Waals surface area (Å²) in [5.74, 6) is 0.655. The van der Waals surface area contributed by atoms with Crippen LogP contribution >= 0.6 is 0 Å². The molecular weight excluding hydrogens is 288 g/mol. The molecular formula is C19H22N2O2. The summed E-state index contributed by atoms with van der Waals surface area (Å²) in [7, 11) is 1.59. The number of rotatable bonds is 5. The summed E-state index contributed by atoms with van der Waals surface area (Å²) in [6.45, 7) is 2.74. The summed E-state index contributed by atoms with van der Waals surface area (Å²) >= 11 is 0.